The lowest BCUT2D eigenvalue weighted by Gasteiger charge is -2.11. The molecule has 0 saturated heterocycles. The molecule has 0 unspecified atom stereocenters. The average Bonchev–Trinajstić information content (AvgIpc) is 2.90. The van der Waals surface area contributed by atoms with Gasteiger partial charge in [-0.3, -0.25) is 0 Å². The van der Waals surface area contributed by atoms with Crippen LogP contribution >= 0.6 is 0 Å². The third-order valence-corrected chi connectivity index (χ3v) is 2.34. The Balaban J connectivity index is 0.00000172. The Morgan fingerprint density at radius 1 is 1.50 bits per heavy atom. The third kappa shape index (κ3) is 4.50. The summed E-state index contributed by atoms with van der Waals surface area (Å²) in [6, 6.07) is 1.45. The first-order valence-corrected chi connectivity index (χ1v) is 6.54. The Labute approximate surface area is 119 Å². The second-order valence-electron chi connectivity index (χ2n) is 3.75. The summed E-state index contributed by atoms with van der Waals surface area (Å²) < 4.78 is 10.2. The Bertz CT molecular complexity index is 494. The van der Waals surface area contributed by atoms with Crippen LogP contribution < -0.4 is 5.73 Å². The van der Waals surface area contributed by atoms with Gasteiger partial charge in [0, 0.05) is 16.8 Å². The Morgan fingerprint density at radius 3 is 2.45 bits per heavy atom. The van der Waals surface area contributed by atoms with Crippen molar-refractivity contribution in [3.8, 4) is 0 Å². The van der Waals surface area contributed by atoms with Crippen LogP contribution in [-0.4, -0.2) is 18.2 Å². The van der Waals surface area contributed by atoms with Gasteiger partial charge in [-0.25, -0.2) is 4.79 Å². The molecule has 0 saturated carbocycles. The van der Waals surface area contributed by atoms with Crippen molar-refractivity contribution in [1.82, 2.24) is 0 Å². The summed E-state index contributed by atoms with van der Waals surface area (Å²) in [6.45, 7) is 7.69. The lowest BCUT2D eigenvalue weighted by Crippen LogP contribution is -2.02. The first-order valence-electron chi connectivity index (χ1n) is 6.54. The molecular weight excluding hydrogens is 258 g/mol. The first kappa shape index (κ1) is 17.8. The smallest absolute Gasteiger partial charge is 0.371 e. The van der Waals surface area contributed by atoms with Gasteiger partial charge in [-0.05, 0) is 19.4 Å². The van der Waals surface area contributed by atoms with Crippen molar-refractivity contribution in [2.24, 2.45) is 5.73 Å². The van der Waals surface area contributed by atoms with Gasteiger partial charge < -0.3 is 20.0 Å². The summed E-state index contributed by atoms with van der Waals surface area (Å²) in [5.41, 5.74) is 7.64. The highest BCUT2D eigenvalue weighted by Gasteiger charge is 2.16. The maximum absolute atomic E-state index is 10.8. The fourth-order valence-electron chi connectivity index (χ4n) is 1.62. The van der Waals surface area contributed by atoms with Gasteiger partial charge in [0.15, 0.2) is 0 Å². The number of aromatic carboxylic acids is 1. The molecule has 112 valence electrons. The van der Waals surface area contributed by atoms with Crippen molar-refractivity contribution in [3.05, 3.63) is 41.2 Å². The highest BCUT2D eigenvalue weighted by atomic mass is 16.5. The molecule has 1 heterocycles. The van der Waals surface area contributed by atoms with Gasteiger partial charge in [0.05, 0.1) is 13.4 Å². The van der Waals surface area contributed by atoms with Crippen LogP contribution in [0.1, 0.15) is 50.2 Å². The molecule has 0 aromatic carbocycles. The molecule has 0 amide bonds. The zero-order valence-electron chi connectivity index (χ0n) is 12.7. The lowest BCUT2D eigenvalue weighted by molar-refractivity contribution is 0.0662. The zero-order chi connectivity index (χ0) is 15.7. The molecule has 5 nitrogen and oxygen atoms in total. The molecule has 0 aliphatic heterocycles. The molecule has 0 atom stereocenters. The predicted molar refractivity (Wildman–Crippen MR) is 79.2 cm³/mol. The van der Waals surface area contributed by atoms with Crippen molar-refractivity contribution in [2.45, 2.75) is 34.1 Å². The topological polar surface area (TPSA) is 85.7 Å². The van der Waals surface area contributed by atoms with Gasteiger partial charge in [0.1, 0.15) is 5.76 Å². The number of furan rings is 1. The zero-order valence-corrected chi connectivity index (χ0v) is 12.7. The van der Waals surface area contributed by atoms with E-state index in [1.54, 1.807) is 6.92 Å². The second kappa shape index (κ2) is 8.85. The number of carboxylic acid groups (broad SMARTS) is 1. The van der Waals surface area contributed by atoms with E-state index in [1.165, 1.54) is 19.4 Å². The van der Waals surface area contributed by atoms with Gasteiger partial charge in [-0.15, -0.1) is 0 Å². The van der Waals surface area contributed by atoms with Crippen LogP contribution in [-0.2, 0) is 4.74 Å². The van der Waals surface area contributed by atoms with E-state index in [4.69, 9.17) is 20.0 Å². The van der Waals surface area contributed by atoms with E-state index in [1.807, 2.05) is 26.8 Å². The number of rotatable bonds is 5. The fourth-order valence-corrected chi connectivity index (χ4v) is 1.62. The van der Waals surface area contributed by atoms with Crippen LogP contribution in [0.3, 0.4) is 0 Å². The van der Waals surface area contributed by atoms with Crippen LogP contribution in [0.5, 0.6) is 0 Å². The van der Waals surface area contributed by atoms with Crippen molar-refractivity contribution in [1.29, 1.82) is 0 Å². The van der Waals surface area contributed by atoms with Gasteiger partial charge in [-0.1, -0.05) is 26.8 Å². The predicted octanol–water partition coefficient (Wildman–Crippen LogP) is 3.63. The SMILES string of the molecule is CC.CC/C=C(\C(OC)=C(/C)N)c1coc(C(=O)O)c1. The molecule has 0 bridgehead atoms. The summed E-state index contributed by atoms with van der Waals surface area (Å²) in [5.74, 6) is -0.698. The van der Waals surface area contributed by atoms with E-state index in [-0.39, 0.29) is 5.76 Å². The number of nitrogens with two attached hydrogens (primary N) is 1. The normalized spacial score (nSPS) is 12.2. The van der Waals surface area contributed by atoms with Crippen LogP contribution in [0.25, 0.3) is 5.57 Å². The molecule has 5 heteroatoms. The Hall–Kier alpha value is -2.17. The molecule has 20 heavy (non-hydrogen) atoms. The number of carbonyl (C=O) groups is 1. The summed E-state index contributed by atoms with van der Waals surface area (Å²) in [6.07, 6.45) is 4.06. The largest absolute Gasteiger partial charge is 0.494 e. The van der Waals surface area contributed by atoms with Gasteiger partial charge in [0.25, 0.3) is 0 Å². The van der Waals surface area contributed by atoms with Gasteiger partial charge in [0.2, 0.25) is 5.76 Å². The highest BCUT2D eigenvalue weighted by Crippen LogP contribution is 2.27. The number of ether oxygens (including phenoxy) is 1. The Kier molecular flexibility index (Phi) is 7.89. The molecule has 1 aromatic heterocycles. The molecule has 0 fully saturated rings. The lowest BCUT2D eigenvalue weighted by atomic mass is 10.0. The molecule has 0 aliphatic rings. The maximum atomic E-state index is 10.8. The molecule has 3 N–H and O–H groups in total. The minimum atomic E-state index is -1.11. The summed E-state index contributed by atoms with van der Waals surface area (Å²) >= 11 is 0. The molecular formula is C15H23NO4. The minimum Gasteiger partial charge on any atom is -0.494 e. The van der Waals surface area contributed by atoms with E-state index in [0.29, 0.717) is 17.0 Å². The van der Waals surface area contributed by atoms with Crippen molar-refractivity contribution >= 4 is 11.5 Å². The second-order valence-corrected chi connectivity index (χ2v) is 3.75. The van der Waals surface area contributed by atoms with Crippen LogP contribution in [0, 0.1) is 0 Å². The molecule has 0 radical (unpaired) electrons. The number of methoxy groups -OCH3 is 1. The molecule has 0 spiro atoms. The fraction of sp³-hybridized carbons (Fsp3) is 0.400. The van der Waals surface area contributed by atoms with E-state index in [2.05, 4.69) is 0 Å². The molecule has 1 rings (SSSR count). The van der Waals surface area contributed by atoms with Gasteiger partial charge >= 0.3 is 5.97 Å². The molecule has 1 aromatic rings. The summed E-state index contributed by atoms with van der Waals surface area (Å²) in [4.78, 5) is 10.8. The summed E-state index contributed by atoms with van der Waals surface area (Å²) in [7, 11) is 1.52. The van der Waals surface area contributed by atoms with Gasteiger partial charge in [-0.2, -0.15) is 0 Å². The highest BCUT2D eigenvalue weighted by molar-refractivity contribution is 5.87. The standard InChI is InChI=1S/C13H17NO4.C2H6/c1-4-5-10(12(17-3)8(2)14)9-6-11(13(15)16)18-7-9;1-2/h5-7H,4,14H2,1-3H3,(H,15,16);1-2H3/b10-5-,12-8-;. The van der Waals surface area contributed by atoms with Crippen molar-refractivity contribution < 1.29 is 19.1 Å². The monoisotopic (exact) mass is 281 g/mol. The number of carboxylic acids is 1. The van der Waals surface area contributed by atoms with Crippen LogP contribution in [0.15, 0.2) is 34.3 Å². The minimum absolute atomic E-state index is 0.114. The van der Waals surface area contributed by atoms with E-state index in [9.17, 15) is 4.79 Å². The van der Waals surface area contributed by atoms with Crippen LogP contribution in [0.2, 0.25) is 0 Å². The van der Waals surface area contributed by atoms with Crippen LogP contribution in [0.4, 0.5) is 0 Å². The molecule has 0 aliphatic carbocycles. The van der Waals surface area contributed by atoms with Crippen molar-refractivity contribution in [2.75, 3.05) is 7.11 Å². The Morgan fingerprint density at radius 2 is 2.10 bits per heavy atom. The number of hydrogen-bond acceptors (Lipinski definition) is 4. The first-order chi connectivity index (χ1) is 9.51. The van der Waals surface area contributed by atoms with Crippen molar-refractivity contribution in [3.63, 3.8) is 0 Å². The third-order valence-electron chi connectivity index (χ3n) is 2.34. The summed E-state index contributed by atoms with van der Waals surface area (Å²) in [5, 5.41) is 8.83. The average molecular weight is 281 g/mol. The van der Waals surface area contributed by atoms with E-state index >= 15 is 0 Å². The van der Waals surface area contributed by atoms with E-state index < -0.39 is 5.97 Å². The number of hydrogen-bond donors (Lipinski definition) is 2. The van der Waals surface area contributed by atoms with E-state index in [0.717, 1.165) is 12.0 Å². The quantitative estimate of drug-likeness (QED) is 0.635. The maximum Gasteiger partial charge on any atom is 0.371 e. The number of allylic oxidation sites excluding steroid dienone is 3.